The summed E-state index contributed by atoms with van der Waals surface area (Å²) in [6.07, 6.45) is 0.770. The molecule has 3 aromatic rings. The molecule has 0 fully saturated rings. The molecule has 4 nitrogen and oxygen atoms in total. The first kappa shape index (κ1) is 14.6. The Bertz CT molecular complexity index is 827. The van der Waals surface area contributed by atoms with Crippen molar-refractivity contribution in [2.24, 2.45) is 0 Å². The molecule has 3 rings (SSSR count). The number of rotatable bonds is 5. The van der Waals surface area contributed by atoms with Gasteiger partial charge in [-0.2, -0.15) is 0 Å². The molecule has 0 aliphatic carbocycles. The zero-order chi connectivity index (χ0) is 15.5. The fourth-order valence-corrected chi connectivity index (χ4v) is 2.50. The number of carbonyl (C=O) groups excluding carboxylic acids is 1. The predicted octanol–water partition coefficient (Wildman–Crippen LogP) is 3.89. The van der Waals surface area contributed by atoms with E-state index >= 15 is 0 Å². The van der Waals surface area contributed by atoms with Crippen LogP contribution in [0, 0.1) is 6.92 Å². The molecule has 0 saturated carbocycles. The number of fused-ring (bicyclic) bond motifs is 1. The minimum absolute atomic E-state index is 0.414. The van der Waals surface area contributed by atoms with Crippen LogP contribution in [0.25, 0.3) is 11.0 Å². The van der Waals surface area contributed by atoms with Crippen LogP contribution < -0.4 is 4.74 Å². The fraction of sp³-hybridized carbons (Fsp3) is 0.176. The molecule has 0 unspecified atom stereocenters. The van der Waals surface area contributed by atoms with E-state index in [1.807, 2.05) is 54.0 Å². The van der Waals surface area contributed by atoms with Gasteiger partial charge < -0.3 is 9.30 Å². The van der Waals surface area contributed by atoms with Crippen LogP contribution in [0.5, 0.6) is 5.75 Å². The van der Waals surface area contributed by atoms with Gasteiger partial charge in [-0.25, -0.2) is 4.98 Å². The molecule has 0 aliphatic rings. The third kappa shape index (κ3) is 2.83. The molecule has 1 aromatic heterocycles. The molecule has 5 heteroatoms. The third-order valence-corrected chi connectivity index (χ3v) is 3.93. The maximum atomic E-state index is 11.2. The average Bonchev–Trinajstić information content (AvgIpc) is 2.89. The minimum atomic E-state index is 0.414. The van der Waals surface area contributed by atoms with Gasteiger partial charge in [0.15, 0.2) is 12.1 Å². The summed E-state index contributed by atoms with van der Waals surface area (Å²) in [6.45, 7) is 2.93. The van der Waals surface area contributed by atoms with Crippen molar-refractivity contribution in [2.45, 2.75) is 13.5 Å². The smallest absolute Gasteiger partial charge is 0.185 e. The molecule has 0 amide bonds. The first-order valence-electron chi connectivity index (χ1n) is 6.98. The van der Waals surface area contributed by atoms with Crippen LogP contribution in [0.4, 0.5) is 0 Å². The molecule has 0 aliphatic heterocycles. The van der Waals surface area contributed by atoms with E-state index in [2.05, 4.69) is 4.98 Å². The zero-order valence-electron chi connectivity index (χ0n) is 12.1. The van der Waals surface area contributed by atoms with E-state index in [-0.39, 0.29) is 0 Å². The first-order valence-corrected chi connectivity index (χ1v) is 7.36. The van der Waals surface area contributed by atoms with Crippen molar-refractivity contribution in [3.8, 4) is 5.75 Å². The third-order valence-electron chi connectivity index (χ3n) is 3.50. The van der Waals surface area contributed by atoms with Gasteiger partial charge in [0, 0.05) is 5.02 Å². The van der Waals surface area contributed by atoms with Gasteiger partial charge in [0.1, 0.15) is 12.4 Å². The van der Waals surface area contributed by atoms with E-state index in [1.165, 1.54) is 0 Å². The van der Waals surface area contributed by atoms with Gasteiger partial charge in [0.25, 0.3) is 0 Å². The maximum absolute atomic E-state index is 11.2. The standard InChI is InChI=1S/C17H15ClN2O2/c1-12-10-13(6-7-14(12)18)22-9-8-20-16-5-3-2-4-15(16)19-17(20)11-21/h2-7,10-11H,8-9H2,1H3. The predicted molar refractivity (Wildman–Crippen MR) is 86.8 cm³/mol. The van der Waals surface area contributed by atoms with E-state index in [1.54, 1.807) is 0 Å². The van der Waals surface area contributed by atoms with Crippen molar-refractivity contribution in [1.82, 2.24) is 9.55 Å². The summed E-state index contributed by atoms with van der Waals surface area (Å²) < 4.78 is 7.61. The SMILES string of the molecule is Cc1cc(OCCn2c(C=O)nc3ccccc32)ccc1Cl. The van der Waals surface area contributed by atoms with Crippen molar-refractivity contribution >= 4 is 28.9 Å². The van der Waals surface area contributed by atoms with Gasteiger partial charge in [0.2, 0.25) is 0 Å². The number of carbonyl (C=O) groups is 1. The summed E-state index contributed by atoms with van der Waals surface area (Å²) >= 11 is 5.99. The Morgan fingerprint density at radius 1 is 1.27 bits per heavy atom. The fourth-order valence-electron chi connectivity index (χ4n) is 2.38. The molecule has 0 N–H and O–H groups in total. The molecule has 0 spiro atoms. The Morgan fingerprint density at radius 2 is 2.09 bits per heavy atom. The van der Waals surface area contributed by atoms with Gasteiger partial charge >= 0.3 is 0 Å². The van der Waals surface area contributed by atoms with E-state index in [0.717, 1.165) is 33.7 Å². The van der Waals surface area contributed by atoms with Crippen molar-refractivity contribution in [3.05, 3.63) is 58.9 Å². The number of nitrogens with zero attached hydrogens (tertiary/aromatic N) is 2. The molecule has 112 valence electrons. The largest absolute Gasteiger partial charge is 0.492 e. The summed E-state index contributed by atoms with van der Waals surface area (Å²) in [5.74, 6) is 1.18. The van der Waals surface area contributed by atoms with E-state index < -0.39 is 0 Å². The Labute approximate surface area is 133 Å². The monoisotopic (exact) mass is 314 g/mol. The molecule has 22 heavy (non-hydrogen) atoms. The highest BCUT2D eigenvalue weighted by molar-refractivity contribution is 6.31. The van der Waals surface area contributed by atoms with Crippen LogP contribution in [-0.2, 0) is 6.54 Å². The average molecular weight is 315 g/mol. The minimum Gasteiger partial charge on any atom is -0.492 e. The molecule has 0 radical (unpaired) electrons. The number of halogens is 1. The molecular formula is C17H15ClN2O2. The number of aromatic nitrogens is 2. The number of benzene rings is 2. The molecule has 0 atom stereocenters. The van der Waals surface area contributed by atoms with E-state index in [4.69, 9.17) is 16.3 Å². The quantitative estimate of drug-likeness (QED) is 0.671. The topological polar surface area (TPSA) is 44.1 Å². The summed E-state index contributed by atoms with van der Waals surface area (Å²) in [6, 6.07) is 13.2. The second-order valence-electron chi connectivity index (χ2n) is 4.99. The van der Waals surface area contributed by atoms with Gasteiger partial charge in [-0.1, -0.05) is 23.7 Å². The number of aryl methyl sites for hydroxylation is 1. The van der Waals surface area contributed by atoms with Crippen LogP contribution in [0.2, 0.25) is 5.02 Å². The highest BCUT2D eigenvalue weighted by atomic mass is 35.5. The van der Waals surface area contributed by atoms with E-state index in [9.17, 15) is 4.79 Å². The van der Waals surface area contributed by atoms with Crippen molar-refractivity contribution in [1.29, 1.82) is 0 Å². The highest BCUT2D eigenvalue weighted by Crippen LogP contribution is 2.21. The van der Waals surface area contributed by atoms with Crippen molar-refractivity contribution < 1.29 is 9.53 Å². The van der Waals surface area contributed by atoms with Crippen molar-refractivity contribution in [3.63, 3.8) is 0 Å². The Balaban J connectivity index is 1.76. The van der Waals surface area contributed by atoms with Gasteiger partial charge in [-0.15, -0.1) is 0 Å². The van der Waals surface area contributed by atoms with E-state index in [0.29, 0.717) is 19.0 Å². The van der Waals surface area contributed by atoms with Crippen LogP contribution in [0.1, 0.15) is 16.2 Å². The number of para-hydroxylation sites is 2. The first-order chi connectivity index (χ1) is 10.7. The molecule has 0 saturated heterocycles. The van der Waals surface area contributed by atoms with Crippen LogP contribution in [0.15, 0.2) is 42.5 Å². The summed E-state index contributed by atoms with van der Waals surface area (Å²) in [7, 11) is 0. The second kappa shape index (κ2) is 6.20. The second-order valence-corrected chi connectivity index (χ2v) is 5.39. The molecule has 1 heterocycles. The number of aldehydes is 1. The van der Waals surface area contributed by atoms with Gasteiger partial charge in [-0.3, -0.25) is 4.79 Å². The highest BCUT2D eigenvalue weighted by Gasteiger charge is 2.09. The lowest BCUT2D eigenvalue weighted by molar-refractivity contribution is 0.111. The normalized spacial score (nSPS) is 10.8. The Hall–Kier alpha value is -2.33. The Kier molecular flexibility index (Phi) is 4.11. The lowest BCUT2D eigenvalue weighted by Gasteiger charge is -2.10. The zero-order valence-corrected chi connectivity index (χ0v) is 12.9. The summed E-state index contributed by atoms with van der Waals surface area (Å²) in [5.41, 5.74) is 2.72. The number of hydrogen-bond acceptors (Lipinski definition) is 3. The lowest BCUT2D eigenvalue weighted by atomic mass is 10.2. The molecular weight excluding hydrogens is 300 g/mol. The van der Waals surface area contributed by atoms with Crippen molar-refractivity contribution in [2.75, 3.05) is 6.61 Å². The number of imidazole rings is 1. The van der Waals surface area contributed by atoms with Crippen LogP contribution in [0.3, 0.4) is 0 Å². The number of ether oxygens (including phenoxy) is 1. The molecule has 2 aromatic carbocycles. The Morgan fingerprint density at radius 3 is 2.86 bits per heavy atom. The summed E-state index contributed by atoms with van der Waals surface area (Å²) in [4.78, 5) is 15.5. The summed E-state index contributed by atoms with van der Waals surface area (Å²) in [5, 5.41) is 0.719. The number of hydrogen-bond donors (Lipinski definition) is 0. The van der Waals surface area contributed by atoms with Gasteiger partial charge in [-0.05, 0) is 42.8 Å². The van der Waals surface area contributed by atoms with Gasteiger partial charge in [0.05, 0.1) is 17.6 Å². The molecule has 0 bridgehead atoms. The maximum Gasteiger partial charge on any atom is 0.185 e. The van der Waals surface area contributed by atoms with Crippen LogP contribution >= 0.6 is 11.6 Å². The van der Waals surface area contributed by atoms with Crippen LogP contribution in [-0.4, -0.2) is 22.4 Å². The lowest BCUT2D eigenvalue weighted by Crippen LogP contribution is -2.11.